The number of piperidine rings is 1. The summed E-state index contributed by atoms with van der Waals surface area (Å²) in [7, 11) is 1.79. The van der Waals surface area contributed by atoms with Gasteiger partial charge in [-0.3, -0.25) is 14.7 Å². The molecule has 2 aliphatic rings. The molecule has 0 bridgehead atoms. The molecule has 0 radical (unpaired) electrons. The fourth-order valence-electron chi connectivity index (χ4n) is 4.40. The highest BCUT2D eigenvalue weighted by molar-refractivity contribution is 14.0. The van der Waals surface area contributed by atoms with Gasteiger partial charge >= 0.3 is 0 Å². The van der Waals surface area contributed by atoms with Crippen LogP contribution >= 0.6 is 24.0 Å². The lowest BCUT2D eigenvalue weighted by atomic mass is 9.92. The van der Waals surface area contributed by atoms with E-state index in [1.165, 1.54) is 6.42 Å². The summed E-state index contributed by atoms with van der Waals surface area (Å²) >= 11 is 0. The van der Waals surface area contributed by atoms with E-state index < -0.39 is 0 Å². The van der Waals surface area contributed by atoms with Crippen molar-refractivity contribution in [3.05, 3.63) is 11.7 Å². The highest BCUT2D eigenvalue weighted by atomic mass is 127. The van der Waals surface area contributed by atoms with Gasteiger partial charge in [0.2, 0.25) is 11.8 Å². The van der Waals surface area contributed by atoms with Crippen molar-refractivity contribution in [1.29, 1.82) is 0 Å². The number of hydrogen-bond acceptors (Lipinski definition) is 6. The second-order valence-corrected chi connectivity index (χ2v) is 10.2. The van der Waals surface area contributed by atoms with Crippen molar-refractivity contribution in [3.8, 4) is 0 Å². The van der Waals surface area contributed by atoms with Crippen molar-refractivity contribution in [2.45, 2.75) is 53.0 Å². The summed E-state index contributed by atoms with van der Waals surface area (Å²) in [6.45, 7) is 16.8. The van der Waals surface area contributed by atoms with Gasteiger partial charge in [0.25, 0.3) is 0 Å². The molecule has 2 aliphatic heterocycles. The maximum absolute atomic E-state index is 12.8. The van der Waals surface area contributed by atoms with E-state index in [9.17, 15) is 4.79 Å². The largest absolute Gasteiger partial charge is 0.349 e. The zero-order valence-corrected chi connectivity index (χ0v) is 22.8. The second-order valence-electron chi connectivity index (χ2n) is 10.2. The van der Waals surface area contributed by atoms with E-state index in [0.29, 0.717) is 36.6 Å². The maximum Gasteiger partial charge on any atom is 0.236 e. The fourth-order valence-corrected chi connectivity index (χ4v) is 4.40. The molecule has 1 amide bonds. The van der Waals surface area contributed by atoms with Crippen LogP contribution in [-0.2, 0) is 16.8 Å². The number of likely N-dealkylation sites (tertiary alicyclic amines) is 1. The molecular weight excluding hydrogens is 521 g/mol. The molecule has 2 atom stereocenters. The lowest BCUT2D eigenvalue weighted by Crippen LogP contribution is -2.55. The van der Waals surface area contributed by atoms with E-state index >= 15 is 0 Å². The van der Waals surface area contributed by atoms with Crippen LogP contribution in [0.25, 0.3) is 0 Å². The van der Waals surface area contributed by atoms with Crippen LogP contribution in [0.2, 0.25) is 0 Å². The van der Waals surface area contributed by atoms with Crippen LogP contribution in [0, 0.1) is 11.8 Å². The molecule has 2 fully saturated rings. The third kappa shape index (κ3) is 7.29. The number of carbonyl (C=O) groups excluding carboxylic acids is 1. The number of halogens is 1. The number of aliphatic imine (C=N–C) groups is 1. The zero-order valence-electron chi connectivity index (χ0n) is 20.4. The molecular formula is C22H40IN7O2. The minimum absolute atomic E-state index is 0. The van der Waals surface area contributed by atoms with Crippen molar-refractivity contribution < 1.29 is 9.32 Å². The van der Waals surface area contributed by atoms with Crippen molar-refractivity contribution in [2.24, 2.45) is 16.8 Å². The van der Waals surface area contributed by atoms with E-state index in [1.807, 2.05) is 20.8 Å². The minimum atomic E-state index is -0.162. The Morgan fingerprint density at radius 3 is 2.28 bits per heavy atom. The van der Waals surface area contributed by atoms with Gasteiger partial charge in [-0.25, -0.2) is 0 Å². The molecule has 0 aromatic carbocycles. The molecule has 3 rings (SSSR count). The van der Waals surface area contributed by atoms with Crippen LogP contribution < -0.4 is 5.32 Å². The van der Waals surface area contributed by atoms with Gasteiger partial charge in [0.05, 0.1) is 13.1 Å². The van der Waals surface area contributed by atoms with Gasteiger partial charge in [0.1, 0.15) is 0 Å². The number of guanidine groups is 1. The summed E-state index contributed by atoms with van der Waals surface area (Å²) in [5.41, 5.74) is -0.162. The smallest absolute Gasteiger partial charge is 0.236 e. The summed E-state index contributed by atoms with van der Waals surface area (Å²) in [4.78, 5) is 28.2. The van der Waals surface area contributed by atoms with Crippen LogP contribution in [0.3, 0.4) is 0 Å². The lowest BCUT2D eigenvalue weighted by Gasteiger charge is -2.39. The highest BCUT2D eigenvalue weighted by Crippen LogP contribution is 2.21. The second kappa shape index (κ2) is 11.6. The molecule has 32 heavy (non-hydrogen) atoms. The Hall–Kier alpha value is -1.43. The molecule has 2 unspecified atom stereocenters. The molecule has 10 heteroatoms. The molecule has 9 nitrogen and oxygen atoms in total. The van der Waals surface area contributed by atoms with Crippen molar-refractivity contribution in [2.75, 3.05) is 52.9 Å². The molecule has 1 aromatic heterocycles. The first-order valence-electron chi connectivity index (χ1n) is 11.4. The number of carbonyl (C=O) groups is 1. The Balaban J connectivity index is 0.00000363. The molecule has 1 N–H and O–H groups in total. The fraction of sp³-hybridized carbons (Fsp3) is 0.818. The summed E-state index contributed by atoms with van der Waals surface area (Å²) in [5, 5.41) is 7.40. The third-order valence-electron chi connectivity index (χ3n) is 5.98. The zero-order chi connectivity index (χ0) is 22.6. The topological polar surface area (TPSA) is 90.1 Å². The number of aromatic nitrogens is 2. The highest BCUT2D eigenvalue weighted by Gasteiger charge is 2.28. The number of nitrogens with one attached hydrogen (secondary N) is 1. The maximum atomic E-state index is 12.8. The standard InChI is InChI=1S/C22H39N7O2.HI/c1-16-11-17(2)14-29(13-16)19(30)15-27-7-9-28(10-8-27)21(23-6)24-12-18-25-20(31-26-18)22(3,4)5;/h16-17H,7-15H2,1-6H3,(H,23,24);1H. The van der Waals surface area contributed by atoms with Crippen LogP contribution in [0.5, 0.6) is 0 Å². The van der Waals surface area contributed by atoms with Crippen LogP contribution in [0.15, 0.2) is 9.52 Å². The lowest BCUT2D eigenvalue weighted by molar-refractivity contribution is -0.135. The number of amides is 1. The summed E-state index contributed by atoms with van der Waals surface area (Å²) in [5.74, 6) is 3.54. The molecule has 0 saturated carbocycles. The number of nitrogens with zero attached hydrogens (tertiary/aromatic N) is 6. The Labute approximate surface area is 209 Å². The molecule has 0 aliphatic carbocycles. The van der Waals surface area contributed by atoms with Gasteiger partial charge < -0.3 is 19.6 Å². The molecule has 3 heterocycles. The average molecular weight is 562 g/mol. The molecule has 0 spiro atoms. The molecule has 2 saturated heterocycles. The van der Waals surface area contributed by atoms with E-state index in [2.05, 4.69) is 49.0 Å². The summed E-state index contributed by atoms with van der Waals surface area (Å²) < 4.78 is 5.36. The quantitative estimate of drug-likeness (QED) is 0.343. The summed E-state index contributed by atoms with van der Waals surface area (Å²) in [6.07, 6.45) is 1.22. The van der Waals surface area contributed by atoms with Gasteiger partial charge in [-0.2, -0.15) is 4.98 Å². The SMILES string of the molecule is CN=C(NCc1noc(C(C)(C)C)n1)N1CCN(CC(=O)N2CC(C)CC(C)C2)CC1.I. The predicted octanol–water partition coefficient (Wildman–Crippen LogP) is 2.18. The monoisotopic (exact) mass is 561 g/mol. The van der Waals surface area contributed by atoms with Gasteiger partial charge in [-0.1, -0.05) is 39.8 Å². The predicted molar refractivity (Wildman–Crippen MR) is 136 cm³/mol. The van der Waals surface area contributed by atoms with E-state index in [4.69, 9.17) is 4.52 Å². The van der Waals surface area contributed by atoms with Gasteiger partial charge in [0, 0.05) is 51.7 Å². The normalized spacial score (nSPS) is 23.1. The van der Waals surface area contributed by atoms with E-state index in [0.717, 1.165) is 45.2 Å². The van der Waals surface area contributed by atoms with Crippen molar-refractivity contribution in [1.82, 2.24) is 30.2 Å². The van der Waals surface area contributed by atoms with Gasteiger partial charge in [0.15, 0.2) is 11.8 Å². The van der Waals surface area contributed by atoms with E-state index in [1.54, 1.807) is 7.05 Å². The first-order valence-corrected chi connectivity index (χ1v) is 11.4. The Morgan fingerprint density at radius 2 is 1.75 bits per heavy atom. The number of rotatable bonds is 4. The third-order valence-corrected chi connectivity index (χ3v) is 5.98. The van der Waals surface area contributed by atoms with Gasteiger partial charge in [-0.05, 0) is 18.3 Å². The first kappa shape index (κ1) is 26.8. The minimum Gasteiger partial charge on any atom is -0.349 e. The number of piperazine rings is 1. The first-order chi connectivity index (χ1) is 14.7. The summed E-state index contributed by atoms with van der Waals surface area (Å²) in [6, 6.07) is 0. The Bertz CT molecular complexity index is 759. The van der Waals surface area contributed by atoms with Crippen molar-refractivity contribution in [3.63, 3.8) is 0 Å². The molecule has 182 valence electrons. The Morgan fingerprint density at radius 1 is 1.12 bits per heavy atom. The molecule has 1 aromatic rings. The van der Waals surface area contributed by atoms with Crippen LogP contribution in [-0.4, -0.2) is 89.6 Å². The average Bonchev–Trinajstić information content (AvgIpc) is 3.18. The Kier molecular flexibility index (Phi) is 9.74. The van der Waals surface area contributed by atoms with Crippen molar-refractivity contribution >= 4 is 35.8 Å². The van der Waals surface area contributed by atoms with Crippen LogP contribution in [0.1, 0.15) is 52.8 Å². The number of hydrogen-bond donors (Lipinski definition) is 1. The van der Waals surface area contributed by atoms with E-state index in [-0.39, 0.29) is 35.3 Å². The van der Waals surface area contributed by atoms with Gasteiger partial charge in [-0.15, -0.1) is 24.0 Å². The van der Waals surface area contributed by atoms with Crippen LogP contribution in [0.4, 0.5) is 0 Å².